The Morgan fingerprint density at radius 3 is 2.74 bits per heavy atom. The summed E-state index contributed by atoms with van der Waals surface area (Å²) in [5.41, 5.74) is 2.79. The first-order valence-corrected chi connectivity index (χ1v) is 9.12. The maximum atomic E-state index is 3.61. The molecule has 0 aromatic heterocycles. The van der Waals surface area contributed by atoms with Crippen LogP contribution in [0.5, 0.6) is 0 Å². The van der Waals surface area contributed by atoms with E-state index in [1.54, 1.807) is 0 Å². The molecule has 0 N–H and O–H groups in total. The lowest BCUT2D eigenvalue weighted by molar-refractivity contribution is 0.351. The Balaban J connectivity index is 2.16. The lowest BCUT2D eigenvalue weighted by Gasteiger charge is -2.26. The molecule has 1 atom stereocenters. The van der Waals surface area contributed by atoms with Gasteiger partial charge in [-0.15, -0.1) is 0 Å². The fourth-order valence-electron chi connectivity index (χ4n) is 2.97. The maximum Gasteiger partial charge on any atom is 0.0418 e. The molecule has 1 saturated heterocycles. The minimum absolute atomic E-state index is 0.818. The van der Waals surface area contributed by atoms with E-state index in [1.807, 2.05) is 0 Å². The molecule has 3 heteroatoms. The van der Waals surface area contributed by atoms with Crippen molar-refractivity contribution in [1.82, 2.24) is 0 Å². The van der Waals surface area contributed by atoms with Gasteiger partial charge >= 0.3 is 0 Å². The zero-order valence-corrected chi connectivity index (χ0v) is 15.0. The summed E-state index contributed by atoms with van der Waals surface area (Å²) in [5, 5.41) is 0.930. The molecule has 1 unspecified atom stereocenters. The third kappa shape index (κ3) is 3.98. The van der Waals surface area contributed by atoms with Crippen molar-refractivity contribution in [1.29, 1.82) is 0 Å². The Bertz CT molecular complexity index is 417. The molecule has 1 nitrogen and oxygen atoms in total. The first-order chi connectivity index (χ1) is 9.11. The second kappa shape index (κ2) is 7.12. The van der Waals surface area contributed by atoms with Gasteiger partial charge in [-0.3, -0.25) is 0 Å². The van der Waals surface area contributed by atoms with E-state index in [-0.39, 0.29) is 0 Å². The van der Waals surface area contributed by atoms with Crippen LogP contribution in [0, 0.1) is 11.8 Å². The van der Waals surface area contributed by atoms with E-state index in [9.17, 15) is 0 Å². The molecule has 1 fully saturated rings. The molecule has 1 aliphatic rings. The van der Waals surface area contributed by atoms with Crippen molar-refractivity contribution in [3.63, 3.8) is 0 Å². The van der Waals surface area contributed by atoms with Crippen molar-refractivity contribution in [2.45, 2.75) is 38.4 Å². The minimum Gasteiger partial charge on any atom is -0.371 e. The third-order valence-electron chi connectivity index (χ3n) is 4.25. The molecule has 1 heterocycles. The Kier molecular flexibility index (Phi) is 5.76. The minimum atomic E-state index is 0.818. The second-order valence-corrected chi connectivity index (χ2v) is 7.31. The predicted octanol–water partition coefficient (Wildman–Crippen LogP) is 5.61. The number of halogens is 2. The highest BCUT2D eigenvalue weighted by atomic mass is 79.9. The summed E-state index contributed by atoms with van der Waals surface area (Å²) in [5.74, 6) is 1.71. The standard InChI is InChI=1S/C16H23Br2N/c1-12(2)13-4-3-8-19(9-7-13)16-10-15(18)6-5-14(16)11-17/h5-6,10,12-13H,3-4,7-9,11H2,1-2H3. The molecule has 0 bridgehead atoms. The molecule has 19 heavy (non-hydrogen) atoms. The van der Waals surface area contributed by atoms with Crippen molar-refractivity contribution in [2.75, 3.05) is 18.0 Å². The predicted molar refractivity (Wildman–Crippen MR) is 91.2 cm³/mol. The van der Waals surface area contributed by atoms with E-state index in [2.05, 4.69) is 68.8 Å². The number of alkyl halides is 1. The fourth-order valence-corrected chi connectivity index (χ4v) is 3.80. The number of hydrogen-bond donors (Lipinski definition) is 0. The molecule has 0 saturated carbocycles. The van der Waals surface area contributed by atoms with Crippen molar-refractivity contribution >= 4 is 37.5 Å². The quantitative estimate of drug-likeness (QED) is 0.608. The third-order valence-corrected chi connectivity index (χ3v) is 5.34. The molecular weight excluding hydrogens is 366 g/mol. The summed E-state index contributed by atoms with van der Waals surface area (Å²) in [6.07, 6.45) is 4.02. The first kappa shape index (κ1) is 15.4. The summed E-state index contributed by atoms with van der Waals surface area (Å²) in [7, 11) is 0. The molecule has 1 aliphatic heterocycles. The van der Waals surface area contributed by atoms with Crippen LogP contribution in [0.1, 0.15) is 38.7 Å². The van der Waals surface area contributed by atoms with Crippen molar-refractivity contribution in [3.05, 3.63) is 28.2 Å². The van der Waals surface area contributed by atoms with E-state index >= 15 is 0 Å². The Morgan fingerprint density at radius 1 is 1.26 bits per heavy atom. The van der Waals surface area contributed by atoms with E-state index < -0.39 is 0 Å². The molecule has 0 aliphatic carbocycles. The van der Waals surface area contributed by atoms with Crippen LogP contribution in [0.2, 0.25) is 0 Å². The zero-order chi connectivity index (χ0) is 13.8. The van der Waals surface area contributed by atoms with Crippen LogP contribution < -0.4 is 4.90 Å². The summed E-state index contributed by atoms with van der Waals surface area (Å²) >= 11 is 7.22. The molecule has 1 aromatic carbocycles. The number of nitrogens with zero attached hydrogens (tertiary/aromatic N) is 1. The molecule has 0 amide bonds. The SMILES string of the molecule is CC(C)C1CCCN(c2cc(Br)ccc2CBr)CC1. The largest absolute Gasteiger partial charge is 0.371 e. The highest BCUT2D eigenvalue weighted by molar-refractivity contribution is 9.10. The monoisotopic (exact) mass is 387 g/mol. The molecule has 106 valence electrons. The summed E-state index contributed by atoms with van der Waals surface area (Å²) in [6.45, 7) is 7.12. The van der Waals surface area contributed by atoms with E-state index in [1.165, 1.54) is 48.1 Å². The lowest BCUT2D eigenvalue weighted by atomic mass is 9.89. The van der Waals surface area contributed by atoms with Crippen molar-refractivity contribution in [3.8, 4) is 0 Å². The van der Waals surface area contributed by atoms with Crippen molar-refractivity contribution < 1.29 is 0 Å². The first-order valence-electron chi connectivity index (χ1n) is 7.21. The fraction of sp³-hybridized carbons (Fsp3) is 0.625. The van der Waals surface area contributed by atoms with Gasteiger partial charge in [0.2, 0.25) is 0 Å². The summed E-state index contributed by atoms with van der Waals surface area (Å²) in [4.78, 5) is 2.57. The summed E-state index contributed by atoms with van der Waals surface area (Å²) in [6, 6.07) is 6.63. The van der Waals surface area contributed by atoms with Gasteiger partial charge in [0, 0.05) is 28.6 Å². The maximum absolute atomic E-state index is 3.61. The van der Waals surface area contributed by atoms with Gasteiger partial charge in [-0.05, 0) is 48.8 Å². The van der Waals surface area contributed by atoms with Crippen LogP contribution in [0.25, 0.3) is 0 Å². The van der Waals surface area contributed by atoms with Gasteiger partial charge in [0.05, 0.1) is 0 Å². The zero-order valence-electron chi connectivity index (χ0n) is 11.8. The number of benzene rings is 1. The van der Waals surface area contributed by atoms with Gasteiger partial charge in [0.1, 0.15) is 0 Å². The molecule has 2 rings (SSSR count). The van der Waals surface area contributed by atoms with Crippen LogP contribution >= 0.6 is 31.9 Å². The van der Waals surface area contributed by atoms with E-state index in [0.717, 1.165) is 17.2 Å². The van der Waals surface area contributed by atoms with Gasteiger partial charge in [-0.25, -0.2) is 0 Å². The molecular formula is C16H23Br2N. The van der Waals surface area contributed by atoms with Gasteiger partial charge in [0.15, 0.2) is 0 Å². The van der Waals surface area contributed by atoms with E-state index in [0.29, 0.717) is 0 Å². The van der Waals surface area contributed by atoms with Crippen LogP contribution in [-0.4, -0.2) is 13.1 Å². The number of hydrogen-bond acceptors (Lipinski definition) is 1. The summed E-state index contributed by atoms with van der Waals surface area (Å²) < 4.78 is 1.18. The van der Waals surface area contributed by atoms with Gasteiger partial charge in [-0.2, -0.15) is 0 Å². The topological polar surface area (TPSA) is 3.24 Å². The van der Waals surface area contributed by atoms with Gasteiger partial charge in [-0.1, -0.05) is 51.8 Å². The highest BCUT2D eigenvalue weighted by Crippen LogP contribution is 2.31. The van der Waals surface area contributed by atoms with Gasteiger partial charge in [0.25, 0.3) is 0 Å². The van der Waals surface area contributed by atoms with E-state index in [4.69, 9.17) is 0 Å². The number of anilines is 1. The normalized spacial score (nSPS) is 20.7. The molecule has 1 aromatic rings. The lowest BCUT2D eigenvalue weighted by Crippen LogP contribution is -2.25. The van der Waals surface area contributed by atoms with Crippen LogP contribution in [-0.2, 0) is 5.33 Å². The number of rotatable bonds is 3. The second-order valence-electron chi connectivity index (χ2n) is 5.83. The van der Waals surface area contributed by atoms with Crippen LogP contribution in [0.3, 0.4) is 0 Å². The van der Waals surface area contributed by atoms with Crippen LogP contribution in [0.4, 0.5) is 5.69 Å². The Hall–Kier alpha value is -0.0200. The highest BCUT2D eigenvalue weighted by Gasteiger charge is 2.20. The molecule has 0 radical (unpaired) electrons. The Labute approximate surface area is 134 Å². The van der Waals surface area contributed by atoms with Crippen LogP contribution in [0.15, 0.2) is 22.7 Å². The van der Waals surface area contributed by atoms with Gasteiger partial charge < -0.3 is 4.90 Å². The van der Waals surface area contributed by atoms with Crippen molar-refractivity contribution in [2.24, 2.45) is 11.8 Å². The molecule has 0 spiro atoms. The average Bonchev–Trinajstić information content (AvgIpc) is 2.64. The Morgan fingerprint density at radius 2 is 2.05 bits per heavy atom. The smallest absolute Gasteiger partial charge is 0.0418 e. The average molecular weight is 389 g/mol.